The maximum absolute atomic E-state index is 13.2. The van der Waals surface area contributed by atoms with Crippen molar-refractivity contribution in [2.45, 2.75) is 13.0 Å². The quantitative estimate of drug-likeness (QED) is 0.791. The summed E-state index contributed by atoms with van der Waals surface area (Å²) in [6, 6.07) is 13.9. The van der Waals surface area contributed by atoms with Crippen LogP contribution in [-0.4, -0.2) is 15.2 Å². The maximum Gasteiger partial charge on any atom is 0.243 e. The van der Waals surface area contributed by atoms with Gasteiger partial charge in [0.15, 0.2) is 0 Å². The van der Waals surface area contributed by atoms with Gasteiger partial charge in [-0.05, 0) is 36.8 Å². The van der Waals surface area contributed by atoms with Crippen LogP contribution in [0.4, 0.5) is 10.3 Å². The number of hydrogen-bond donors (Lipinski definition) is 1. The molecule has 1 unspecified atom stereocenters. The van der Waals surface area contributed by atoms with Crippen LogP contribution in [0.15, 0.2) is 48.5 Å². The van der Waals surface area contributed by atoms with E-state index >= 15 is 0 Å². The highest BCUT2D eigenvalue weighted by Crippen LogP contribution is 2.18. The number of nitrogens with zero attached hydrogens (tertiary/aromatic N) is 3. The van der Waals surface area contributed by atoms with Crippen LogP contribution in [0.1, 0.15) is 18.5 Å². The summed E-state index contributed by atoms with van der Waals surface area (Å²) in [4.78, 5) is 4.38. The third-order valence-corrected chi connectivity index (χ3v) is 3.05. The van der Waals surface area contributed by atoms with E-state index in [0.717, 1.165) is 16.6 Å². The fourth-order valence-electron chi connectivity index (χ4n) is 2.00. The SMILES string of the molecule is CC(Nc1nnc2ccccc2n1)c1cccc(F)c1. The molecule has 4 nitrogen and oxygen atoms in total. The van der Waals surface area contributed by atoms with Gasteiger partial charge >= 0.3 is 0 Å². The molecule has 2 aromatic carbocycles. The Balaban J connectivity index is 1.85. The molecule has 0 saturated heterocycles. The molecule has 0 fully saturated rings. The van der Waals surface area contributed by atoms with Gasteiger partial charge in [-0.2, -0.15) is 0 Å². The summed E-state index contributed by atoms with van der Waals surface area (Å²) < 4.78 is 13.2. The van der Waals surface area contributed by atoms with Gasteiger partial charge in [-0.3, -0.25) is 0 Å². The summed E-state index contributed by atoms with van der Waals surface area (Å²) in [5.41, 5.74) is 2.36. The fourth-order valence-corrected chi connectivity index (χ4v) is 2.00. The Hall–Kier alpha value is -2.56. The number of rotatable bonds is 3. The Morgan fingerprint density at radius 1 is 1.00 bits per heavy atom. The number of fused-ring (bicyclic) bond motifs is 1. The fraction of sp³-hybridized carbons (Fsp3) is 0.133. The molecule has 3 aromatic rings. The smallest absolute Gasteiger partial charge is 0.243 e. The molecule has 0 aliphatic carbocycles. The van der Waals surface area contributed by atoms with Gasteiger partial charge in [-0.1, -0.05) is 24.3 Å². The summed E-state index contributed by atoms with van der Waals surface area (Å²) in [7, 11) is 0. The van der Waals surface area contributed by atoms with Gasteiger partial charge in [-0.25, -0.2) is 9.37 Å². The number of benzene rings is 2. The van der Waals surface area contributed by atoms with Crippen molar-refractivity contribution in [1.29, 1.82) is 0 Å². The first-order valence-electron chi connectivity index (χ1n) is 6.34. The Morgan fingerprint density at radius 3 is 2.60 bits per heavy atom. The third kappa shape index (κ3) is 2.56. The lowest BCUT2D eigenvalue weighted by atomic mass is 10.1. The minimum atomic E-state index is -0.256. The standard InChI is InChI=1S/C15H13FN4/c1-10(11-5-4-6-12(16)9-11)17-15-18-13-7-2-3-8-14(13)19-20-15/h2-10H,1H3,(H,17,18,20). The molecule has 1 atom stereocenters. The predicted octanol–water partition coefficient (Wildman–Crippen LogP) is 3.34. The first-order valence-corrected chi connectivity index (χ1v) is 6.34. The monoisotopic (exact) mass is 268 g/mol. The zero-order chi connectivity index (χ0) is 13.9. The predicted molar refractivity (Wildman–Crippen MR) is 75.8 cm³/mol. The van der Waals surface area contributed by atoms with Crippen LogP contribution in [-0.2, 0) is 0 Å². The minimum absolute atomic E-state index is 0.103. The van der Waals surface area contributed by atoms with Crippen molar-refractivity contribution in [3.63, 3.8) is 0 Å². The summed E-state index contributed by atoms with van der Waals surface area (Å²) in [5, 5.41) is 11.3. The van der Waals surface area contributed by atoms with E-state index in [9.17, 15) is 4.39 Å². The van der Waals surface area contributed by atoms with Crippen molar-refractivity contribution in [2.24, 2.45) is 0 Å². The second kappa shape index (κ2) is 5.21. The van der Waals surface area contributed by atoms with E-state index in [1.807, 2.05) is 37.3 Å². The van der Waals surface area contributed by atoms with Gasteiger partial charge in [0.1, 0.15) is 11.3 Å². The molecule has 0 bridgehead atoms. The molecule has 0 radical (unpaired) electrons. The summed E-state index contributed by atoms with van der Waals surface area (Å²) in [6.07, 6.45) is 0. The van der Waals surface area contributed by atoms with E-state index in [2.05, 4.69) is 20.5 Å². The second-order valence-electron chi connectivity index (χ2n) is 4.55. The van der Waals surface area contributed by atoms with Gasteiger partial charge in [0, 0.05) is 0 Å². The average Bonchev–Trinajstić information content (AvgIpc) is 2.47. The molecule has 20 heavy (non-hydrogen) atoms. The number of para-hydroxylation sites is 1. The van der Waals surface area contributed by atoms with Gasteiger partial charge < -0.3 is 5.32 Å². The topological polar surface area (TPSA) is 50.7 Å². The highest BCUT2D eigenvalue weighted by molar-refractivity contribution is 5.74. The zero-order valence-corrected chi connectivity index (χ0v) is 10.9. The van der Waals surface area contributed by atoms with Crippen LogP contribution in [0.2, 0.25) is 0 Å². The number of anilines is 1. The Bertz CT molecular complexity index is 745. The first-order chi connectivity index (χ1) is 9.72. The van der Waals surface area contributed by atoms with E-state index < -0.39 is 0 Å². The number of aromatic nitrogens is 3. The minimum Gasteiger partial charge on any atom is -0.346 e. The normalized spacial score (nSPS) is 12.3. The van der Waals surface area contributed by atoms with E-state index in [1.54, 1.807) is 6.07 Å². The van der Waals surface area contributed by atoms with Crippen LogP contribution < -0.4 is 5.32 Å². The van der Waals surface area contributed by atoms with Crippen LogP contribution in [0.25, 0.3) is 11.0 Å². The highest BCUT2D eigenvalue weighted by Gasteiger charge is 2.08. The molecule has 0 aliphatic rings. The van der Waals surface area contributed by atoms with E-state index in [1.165, 1.54) is 12.1 Å². The number of halogens is 1. The molecule has 5 heteroatoms. The largest absolute Gasteiger partial charge is 0.346 e. The van der Waals surface area contributed by atoms with Gasteiger partial charge in [0.05, 0.1) is 11.6 Å². The average molecular weight is 268 g/mol. The maximum atomic E-state index is 13.2. The van der Waals surface area contributed by atoms with Crippen LogP contribution in [0.3, 0.4) is 0 Å². The highest BCUT2D eigenvalue weighted by atomic mass is 19.1. The molecular weight excluding hydrogens is 255 g/mol. The van der Waals surface area contributed by atoms with E-state index in [0.29, 0.717) is 5.95 Å². The molecule has 0 saturated carbocycles. The van der Waals surface area contributed by atoms with Crippen molar-refractivity contribution < 1.29 is 4.39 Å². The van der Waals surface area contributed by atoms with Crippen LogP contribution >= 0.6 is 0 Å². The Labute approximate surface area is 115 Å². The van der Waals surface area contributed by atoms with Crippen LogP contribution in [0, 0.1) is 5.82 Å². The molecule has 0 amide bonds. The van der Waals surface area contributed by atoms with Crippen molar-refractivity contribution in [2.75, 3.05) is 5.32 Å². The summed E-state index contributed by atoms with van der Waals surface area (Å²) in [5.74, 6) is 0.175. The summed E-state index contributed by atoms with van der Waals surface area (Å²) in [6.45, 7) is 1.92. The Morgan fingerprint density at radius 2 is 1.80 bits per heavy atom. The van der Waals surface area contributed by atoms with Gasteiger partial charge in [-0.15, -0.1) is 10.2 Å². The Kier molecular flexibility index (Phi) is 3.25. The van der Waals surface area contributed by atoms with Crippen molar-refractivity contribution >= 4 is 17.0 Å². The number of nitrogens with one attached hydrogen (secondary N) is 1. The zero-order valence-electron chi connectivity index (χ0n) is 10.9. The van der Waals surface area contributed by atoms with Gasteiger partial charge in [0.2, 0.25) is 5.95 Å². The van der Waals surface area contributed by atoms with Crippen molar-refractivity contribution in [3.05, 3.63) is 59.9 Å². The lowest BCUT2D eigenvalue weighted by Crippen LogP contribution is -2.10. The lowest BCUT2D eigenvalue weighted by Gasteiger charge is -2.13. The molecule has 0 aliphatic heterocycles. The van der Waals surface area contributed by atoms with Gasteiger partial charge in [0.25, 0.3) is 0 Å². The summed E-state index contributed by atoms with van der Waals surface area (Å²) >= 11 is 0. The van der Waals surface area contributed by atoms with Crippen LogP contribution in [0.5, 0.6) is 0 Å². The van der Waals surface area contributed by atoms with Crippen molar-refractivity contribution in [1.82, 2.24) is 15.2 Å². The second-order valence-corrected chi connectivity index (χ2v) is 4.55. The molecule has 1 N–H and O–H groups in total. The van der Waals surface area contributed by atoms with Crippen molar-refractivity contribution in [3.8, 4) is 0 Å². The molecule has 100 valence electrons. The van der Waals surface area contributed by atoms with E-state index in [4.69, 9.17) is 0 Å². The first kappa shape index (κ1) is 12.5. The number of hydrogen-bond acceptors (Lipinski definition) is 4. The molecule has 1 aromatic heterocycles. The molecule has 0 spiro atoms. The molecule has 3 rings (SSSR count). The van der Waals surface area contributed by atoms with E-state index in [-0.39, 0.29) is 11.9 Å². The molecular formula is C15H13FN4. The molecule has 1 heterocycles. The lowest BCUT2D eigenvalue weighted by molar-refractivity contribution is 0.623. The third-order valence-electron chi connectivity index (χ3n) is 3.05.